The predicted molar refractivity (Wildman–Crippen MR) is 199 cm³/mol. The van der Waals surface area contributed by atoms with Gasteiger partial charge in [0.15, 0.2) is 6.29 Å². The summed E-state index contributed by atoms with van der Waals surface area (Å²) in [5, 5.41) is 4.58. The molecule has 1 amide bonds. The van der Waals surface area contributed by atoms with Crippen LogP contribution in [0, 0.1) is 18.8 Å². The number of benzene rings is 2. The molecule has 3 fully saturated rings. The summed E-state index contributed by atoms with van der Waals surface area (Å²) >= 11 is 0. The van der Waals surface area contributed by atoms with Crippen molar-refractivity contribution in [3.8, 4) is 16.9 Å². The Morgan fingerprint density at radius 1 is 0.940 bits per heavy atom. The minimum Gasteiger partial charge on any atom is -0.496 e. The van der Waals surface area contributed by atoms with E-state index in [1.165, 1.54) is 17.5 Å². The first-order valence-corrected chi connectivity index (χ1v) is 19.3. The molecule has 8 heteroatoms. The Hall–Kier alpha value is -3.20. The molecule has 3 aromatic rings. The topological polar surface area (TPSA) is 75.1 Å². The van der Waals surface area contributed by atoms with E-state index in [2.05, 4.69) is 79.4 Å². The number of anilines is 1. The SMILES string of the molecule is COc1ccc(C2CCC(CN(C(=O)C3CCC(OCCCOC4CCCCO4)CC3)c3cccc(-c4cnn(C(C)C)c4)c3)CC2)cc1C. The first kappa shape index (κ1) is 36.6. The van der Waals surface area contributed by atoms with E-state index in [1.54, 1.807) is 7.11 Å². The number of aryl methyl sites for hydroxylation is 1. The van der Waals surface area contributed by atoms with Gasteiger partial charge in [0.1, 0.15) is 5.75 Å². The van der Waals surface area contributed by atoms with Crippen LogP contribution in [-0.4, -0.2) is 61.6 Å². The van der Waals surface area contributed by atoms with Crippen LogP contribution in [0.15, 0.2) is 54.9 Å². The number of aromatic nitrogens is 2. The Morgan fingerprint density at radius 3 is 2.44 bits per heavy atom. The maximum atomic E-state index is 14.5. The van der Waals surface area contributed by atoms with Crippen LogP contribution in [0.3, 0.4) is 0 Å². The van der Waals surface area contributed by atoms with Gasteiger partial charge in [-0.1, -0.05) is 24.3 Å². The van der Waals surface area contributed by atoms with Gasteiger partial charge in [-0.3, -0.25) is 9.48 Å². The standard InChI is InChI=1S/C42H59N3O5/c1-30(2)45-29-37(27-43-45)35-9-7-10-38(26-35)44(28-32-12-14-33(15-13-32)36-18-21-40(47-4)31(3)25-36)42(46)34-16-19-39(20-17-34)48-23-8-24-50-41-11-5-6-22-49-41/h7,9-10,18,21,25-27,29-30,32-34,39,41H,5-6,8,11-17,19-20,22-24,28H2,1-4H3. The number of methoxy groups -OCH3 is 1. The van der Waals surface area contributed by atoms with Crippen LogP contribution < -0.4 is 9.64 Å². The second kappa shape index (κ2) is 17.8. The van der Waals surface area contributed by atoms with Crippen LogP contribution >= 0.6 is 0 Å². The Balaban J connectivity index is 1.08. The Labute approximate surface area is 299 Å². The van der Waals surface area contributed by atoms with E-state index in [0.29, 0.717) is 31.1 Å². The third-order valence-electron chi connectivity index (χ3n) is 11.2. The number of amides is 1. The summed E-state index contributed by atoms with van der Waals surface area (Å²) in [5.41, 5.74) is 5.79. The summed E-state index contributed by atoms with van der Waals surface area (Å²) in [6.45, 7) is 9.35. The van der Waals surface area contributed by atoms with Gasteiger partial charge in [0.05, 0.1) is 26.0 Å². The molecule has 50 heavy (non-hydrogen) atoms. The van der Waals surface area contributed by atoms with Crippen molar-refractivity contribution in [2.24, 2.45) is 11.8 Å². The summed E-state index contributed by atoms with van der Waals surface area (Å²) in [7, 11) is 1.74. The Morgan fingerprint density at radius 2 is 1.74 bits per heavy atom. The molecule has 1 aliphatic heterocycles. The molecule has 2 aromatic carbocycles. The molecule has 0 bridgehead atoms. The molecule has 2 heterocycles. The Bertz CT molecular complexity index is 1500. The van der Waals surface area contributed by atoms with Gasteiger partial charge in [-0.05, 0) is 145 Å². The zero-order valence-corrected chi connectivity index (χ0v) is 30.9. The summed E-state index contributed by atoms with van der Waals surface area (Å²) < 4.78 is 25.3. The lowest BCUT2D eigenvalue weighted by atomic mass is 9.78. The van der Waals surface area contributed by atoms with Crippen molar-refractivity contribution in [3.05, 3.63) is 66.0 Å². The first-order chi connectivity index (χ1) is 24.4. The van der Waals surface area contributed by atoms with Crippen LogP contribution in [0.1, 0.15) is 114 Å². The number of hydrogen-bond acceptors (Lipinski definition) is 6. The molecule has 2 aliphatic carbocycles. The highest BCUT2D eigenvalue weighted by Crippen LogP contribution is 2.39. The number of ether oxygens (including phenoxy) is 4. The van der Waals surface area contributed by atoms with Gasteiger partial charge in [0, 0.05) is 49.2 Å². The minimum absolute atomic E-state index is 0.0209. The van der Waals surface area contributed by atoms with Crippen molar-refractivity contribution in [3.63, 3.8) is 0 Å². The lowest BCUT2D eigenvalue weighted by Gasteiger charge is -2.36. The van der Waals surface area contributed by atoms with Crippen molar-refractivity contribution in [2.75, 3.05) is 38.4 Å². The van der Waals surface area contributed by atoms with E-state index in [1.807, 2.05) is 10.9 Å². The number of hydrogen-bond donors (Lipinski definition) is 0. The van der Waals surface area contributed by atoms with Crippen LogP contribution in [0.4, 0.5) is 5.69 Å². The third-order valence-corrected chi connectivity index (χ3v) is 11.2. The molecule has 0 N–H and O–H groups in total. The molecular formula is C42H59N3O5. The third kappa shape index (κ3) is 9.56. The van der Waals surface area contributed by atoms with Gasteiger partial charge < -0.3 is 23.8 Å². The molecule has 6 rings (SSSR count). The molecule has 0 radical (unpaired) electrons. The zero-order valence-electron chi connectivity index (χ0n) is 30.9. The summed E-state index contributed by atoms with van der Waals surface area (Å²) in [4.78, 5) is 16.6. The molecule has 2 saturated carbocycles. The molecule has 1 saturated heterocycles. The molecular weight excluding hydrogens is 626 g/mol. The fourth-order valence-corrected chi connectivity index (χ4v) is 8.10. The zero-order chi connectivity index (χ0) is 34.9. The minimum atomic E-state index is -0.0422. The normalized spacial score (nSPS) is 24.3. The lowest BCUT2D eigenvalue weighted by molar-refractivity contribution is -0.164. The smallest absolute Gasteiger partial charge is 0.230 e. The largest absolute Gasteiger partial charge is 0.496 e. The summed E-state index contributed by atoms with van der Waals surface area (Å²) in [6, 6.07) is 15.5. The van der Waals surface area contributed by atoms with Crippen LogP contribution in [-0.2, 0) is 19.0 Å². The highest BCUT2D eigenvalue weighted by molar-refractivity contribution is 5.95. The molecule has 1 atom stereocenters. The predicted octanol–water partition coefficient (Wildman–Crippen LogP) is 9.26. The second-order valence-corrected chi connectivity index (χ2v) is 15.1. The van der Waals surface area contributed by atoms with E-state index in [4.69, 9.17) is 18.9 Å². The van der Waals surface area contributed by atoms with Crippen molar-refractivity contribution < 1.29 is 23.7 Å². The summed E-state index contributed by atoms with van der Waals surface area (Å²) in [5.74, 6) is 2.27. The monoisotopic (exact) mass is 685 g/mol. The average molecular weight is 686 g/mol. The van der Waals surface area contributed by atoms with Gasteiger partial charge in [0.25, 0.3) is 0 Å². The van der Waals surface area contributed by atoms with E-state index < -0.39 is 0 Å². The maximum Gasteiger partial charge on any atom is 0.230 e. The summed E-state index contributed by atoms with van der Waals surface area (Å²) in [6.07, 6.45) is 16.5. The van der Waals surface area contributed by atoms with Crippen molar-refractivity contribution in [1.82, 2.24) is 9.78 Å². The highest BCUT2D eigenvalue weighted by atomic mass is 16.7. The van der Waals surface area contributed by atoms with E-state index in [0.717, 1.165) is 106 Å². The number of carbonyl (C=O) groups excluding carboxylic acids is 1. The molecule has 272 valence electrons. The van der Waals surface area contributed by atoms with E-state index >= 15 is 0 Å². The molecule has 1 aromatic heterocycles. The fourth-order valence-electron chi connectivity index (χ4n) is 8.10. The Kier molecular flexibility index (Phi) is 13.0. The van der Waals surface area contributed by atoms with Crippen molar-refractivity contribution in [2.45, 2.75) is 122 Å². The van der Waals surface area contributed by atoms with E-state index in [-0.39, 0.29) is 24.2 Å². The maximum absolute atomic E-state index is 14.5. The van der Waals surface area contributed by atoms with Gasteiger partial charge in [-0.2, -0.15) is 5.10 Å². The number of carbonyl (C=O) groups is 1. The van der Waals surface area contributed by atoms with Gasteiger partial charge in [-0.25, -0.2) is 0 Å². The van der Waals surface area contributed by atoms with Gasteiger partial charge in [-0.15, -0.1) is 0 Å². The van der Waals surface area contributed by atoms with Gasteiger partial charge in [0.2, 0.25) is 5.91 Å². The van der Waals surface area contributed by atoms with Gasteiger partial charge >= 0.3 is 0 Å². The number of nitrogens with zero attached hydrogens (tertiary/aromatic N) is 3. The first-order valence-electron chi connectivity index (χ1n) is 19.3. The van der Waals surface area contributed by atoms with Crippen molar-refractivity contribution in [1.29, 1.82) is 0 Å². The van der Waals surface area contributed by atoms with E-state index in [9.17, 15) is 4.79 Å². The van der Waals surface area contributed by atoms with Crippen molar-refractivity contribution >= 4 is 11.6 Å². The lowest BCUT2D eigenvalue weighted by Crippen LogP contribution is -2.42. The quantitative estimate of drug-likeness (QED) is 0.158. The van der Waals surface area contributed by atoms with Crippen LogP contribution in [0.2, 0.25) is 0 Å². The van der Waals surface area contributed by atoms with Crippen LogP contribution in [0.25, 0.3) is 11.1 Å². The van der Waals surface area contributed by atoms with Crippen LogP contribution in [0.5, 0.6) is 5.75 Å². The molecule has 3 aliphatic rings. The average Bonchev–Trinajstić information content (AvgIpc) is 3.66. The molecule has 8 nitrogen and oxygen atoms in total. The fraction of sp³-hybridized carbons (Fsp3) is 0.619. The molecule has 1 unspecified atom stereocenters. The second-order valence-electron chi connectivity index (χ2n) is 15.1. The molecule has 0 spiro atoms. The number of rotatable bonds is 14. The highest BCUT2D eigenvalue weighted by Gasteiger charge is 2.33.